The van der Waals surface area contributed by atoms with Gasteiger partial charge in [-0.3, -0.25) is 4.79 Å². The van der Waals surface area contributed by atoms with Crippen LogP contribution in [0.1, 0.15) is 6.42 Å². The topological polar surface area (TPSA) is 61.7 Å². The van der Waals surface area contributed by atoms with E-state index in [0.29, 0.717) is 43.4 Å². The van der Waals surface area contributed by atoms with Crippen LogP contribution in [0.5, 0.6) is 11.5 Å². The lowest BCUT2D eigenvalue weighted by Gasteiger charge is -2.13. The molecule has 1 heterocycles. The Balaban J connectivity index is 1.60. The molecule has 0 spiro atoms. The highest BCUT2D eigenvalue weighted by Crippen LogP contribution is 2.30. The fourth-order valence-electron chi connectivity index (χ4n) is 2.88. The van der Waals surface area contributed by atoms with E-state index in [1.165, 1.54) is 5.39 Å². The Morgan fingerprint density at radius 2 is 1.89 bits per heavy atom. The van der Waals surface area contributed by atoms with Crippen LogP contribution in [0, 0.1) is 0 Å². The van der Waals surface area contributed by atoms with Crippen LogP contribution in [-0.4, -0.2) is 37.9 Å². The normalized spacial score (nSPS) is 10.7. The van der Waals surface area contributed by atoms with Crippen LogP contribution in [-0.2, 0) is 16.1 Å². The number of para-hydroxylation sites is 1. The molecule has 3 rings (SSSR count). The summed E-state index contributed by atoms with van der Waals surface area (Å²) in [6, 6.07) is 15.5. The summed E-state index contributed by atoms with van der Waals surface area (Å²) in [5.41, 5.74) is 1.80. The number of aryl methyl sites for hydroxylation is 1. The second-order valence-corrected chi connectivity index (χ2v) is 6.07. The lowest BCUT2D eigenvalue weighted by molar-refractivity contribution is -0.116. The molecule has 1 aromatic heterocycles. The minimum atomic E-state index is -0.0548. The van der Waals surface area contributed by atoms with Crippen LogP contribution in [0.15, 0.2) is 54.7 Å². The van der Waals surface area contributed by atoms with Crippen molar-refractivity contribution in [2.45, 2.75) is 13.0 Å². The number of nitrogens with one attached hydrogen (secondary N) is 1. The quantitative estimate of drug-likeness (QED) is 0.585. The lowest BCUT2D eigenvalue weighted by atomic mass is 10.2. The average molecular weight is 368 g/mol. The van der Waals surface area contributed by atoms with E-state index in [4.69, 9.17) is 14.2 Å². The number of amides is 1. The van der Waals surface area contributed by atoms with Gasteiger partial charge in [-0.1, -0.05) is 18.2 Å². The first-order valence-corrected chi connectivity index (χ1v) is 8.85. The highest BCUT2D eigenvalue weighted by molar-refractivity contribution is 5.91. The first-order chi connectivity index (χ1) is 13.2. The van der Waals surface area contributed by atoms with Gasteiger partial charge in [0.1, 0.15) is 6.61 Å². The number of fused-ring (bicyclic) bond motifs is 1. The molecule has 0 saturated carbocycles. The molecular formula is C21H24N2O4. The Morgan fingerprint density at radius 3 is 2.70 bits per heavy atom. The smallest absolute Gasteiger partial charge is 0.226 e. The van der Waals surface area contributed by atoms with Crippen LogP contribution in [0.4, 0.5) is 5.69 Å². The number of aromatic nitrogens is 1. The zero-order chi connectivity index (χ0) is 19.1. The molecule has 1 N–H and O–H groups in total. The van der Waals surface area contributed by atoms with Gasteiger partial charge in [0.05, 0.1) is 13.7 Å². The van der Waals surface area contributed by atoms with Crippen LogP contribution in [0.2, 0.25) is 0 Å². The van der Waals surface area contributed by atoms with Crippen molar-refractivity contribution in [3.63, 3.8) is 0 Å². The van der Waals surface area contributed by atoms with Crippen LogP contribution < -0.4 is 14.8 Å². The first-order valence-electron chi connectivity index (χ1n) is 8.85. The van der Waals surface area contributed by atoms with Gasteiger partial charge in [0.2, 0.25) is 5.91 Å². The molecule has 1 amide bonds. The molecule has 0 aliphatic rings. The summed E-state index contributed by atoms with van der Waals surface area (Å²) in [5, 5.41) is 4.09. The van der Waals surface area contributed by atoms with Crippen molar-refractivity contribution in [1.29, 1.82) is 0 Å². The number of hydrogen-bond donors (Lipinski definition) is 1. The van der Waals surface area contributed by atoms with Crippen molar-refractivity contribution in [3.05, 3.63) is 54.7 Å². The maximum absolute atomic E-state index is 12.4. The van der Waals surface area contributed by atoms with E-state index >= 15 is 0 Å². The van der Waals surface area contributed by atoms with Crippen molar-refractivity contribution in [2.24, 2.45) is 0 Å². The molecular weight excluding hydrogens is 344 g/mol. The third-order valence-electron chi connectivity index (χ3n) is 4.25. The van der Waals surface area contributed by atoms with E-state index < -0.39 is 0 Å². The SMILES string of the molecule is COCCOc1cc(NC(=O)CCn2ccc3ccccc32)ccc1OC. The summed E-state index contributed by atoms with van der Waals surface area (Å²) < 4.78 is 18.0. The molecule has 0 atom stereocenters. The zero-order valence-corrected chi connectivity index (χ0v) is 15.6. The Morgan fingerprint density at radius 1 is 1.04 bits per heavy atom. The Hall–Kier alpha value is -2.99. The summed E-state index contributed by atoms with van der Waals surface area (Å²) in [4.78, 5) is 12.4. The van der Waals surface area contributed by atoms with Gasteiger partial charge in [-0.05, 0) is 29.7 Å². The molecule has 0 aliphatic carbocycles. The first kappa shape index (κ1) is 18.8. The summed E-state index contributed by atoms with van der Waals surface area (Å²) in [5.74, 6) is 1.13. The molecule has 142 valence electrons. The van der Waals surface area contributed by atoms with Crippen molar-refractivity contribution in [2.75, 3.05) is 32.8 Å². The van der Waals surface area contributed by atoms with Crippen molar-refractivity contribution >= 4 is 22.5 Å². The third-order valence-corrected chi connectivity index (χ3v) is 4.25. The highest BCUT2D eigenvalue weighted by Gasteiger charge is 2.09. The molecule has 0 bridgehead atoms. The third kappa shape index (κ3) is 4.80. The van der Waals surface area contributed by atoms with Crippen molar-refractivity contribution in [1.82, 2.24) is 4.57 Å². The number of rotatable bonds is 9. The van der Waals surface area contributed by atoms with E-state index in [9.17, 15) is 4.79 Å². The van der Waals surface area contributed by atoms with E-state index in [1.54, 1.807) is 32.4 Å². The van der Waals surface area contributed by atoms with Gasteiger partial charge < -0.3 is 24.1 Å². The number of ether oxygens (including phenoxy) is 3. The molecule has 6 heteroatoms. The second kappa shape index (κ2) is 9.09. The van der Waals surface area contributed by atoms with Crippen molar-refractivity contribution in [3.8, 4) is 11.5 Å². The largest absolute Gasteiger partial charge is 0.493 e. The monoisotopic (exact) mass is 368 g/mol. The number of hydrogen-bond acceptors (Lipinski definition) is 4. The van der Waals surface area contributed by atoms with Gasteiger partial charge in [-0.25, -0.2) is 0 Å². The second-order valence-electron chi connectivity index (χ2n) is 6.07. The maximum Gasteiger partial charge on any atom is 0.226 e. The number of carbonyl (C=O) groups excluding carboxylic acids is 1. The summed E-state index contributed by atoms with van der Waals surface area (Å²) in [6.45, 7) is 1.50. The van der Waals surface area contributed by atoms with Gasteiger partial charge in [0.15, 0.2) is 11.5 Å². The van der Waals surface area contributed by atoms with E-state index in [-0.39, 0.29) is 5.91 Å². The molecule has 2 aromatic carbocycles. The Kier molecular flexibility index (Phi) is 6.33. The molecule has 0 fully saturated rings. The molecule has 6 nitrogen and oxygen atoms in total. The van der Waals surface area contributed by atoms with Gasteiger partial charge in [-0.15, -0.1) is 0 Å². The number of nitrogens with zero attached hydrogens (tertiary/aromatic N) is 1. The fourth-order valence-corrected chi connectivity index (χ4v) is 2.88. The summed E-state index contributed by atoms with van der Waals surface area (Å²) >= 11 is 0. The van der Waals surface area contributed by atoms with E-state index in [0.717, 1.165) is 5.52 Å². The molecule has 0 aliphatic heterocycles. The number of carbonyl (C=O) groups is 1. The van der Waals surface area contributed by atoms with Crippen LogP contribution in [0.3, 0.4) is 0 Å². The maximum atomic E-state index is 12.4. The predicted octanol–water partition coefficient (Wildman–Crippen LogP) is 3.70. The highest BCUT2D eigenvalue weighted by atomic mass is 16.5. The molecule has 0 unspecified atom stereocenters. The van der Waals surface area contributed by atoms with Crippen molar-refractivity contribution < 1.29 is 19.0 Å². The summed E-state index contributed by atoms with van der Waals surface area (Å²) in [7, 11) is 3.20. The standard InChI is InChI=1S/C21H24N2O4/c1-25-13-14-27-20-15-17(7-8-19(20)26-2)22-21(24)10-12-23-11-9-16-5-3-4-6-18(16)23/h3-9,11,15H,10,12-14H2,1-2H3,(H,22,24). The van der Waals surface area contributed by atoms with Gasteiger partial charge in [0, 0.05) is 43.5 Å². The fraction of sp³-hybridized carbons (Fsp3) is 0.286. The van der Waals surface area contributed by atoms with Gasteiger partial charge in [-0.2, -0.15) is 0 Å². The number of methoxy groups -OCH3 is 2. The van der Waals surface area contributed by atoms with Crippen LogP contribution >= 0.6 is 0 Å². The average Bonchev–Trinajstić information content (AvgIpc) is 3.10. The van der Waals surface area contributed by atoms with E-state index in [2.05, 4.69) is 28.1 Å². The zero-order valence-electron chi connectivity index (χ0n) is 15.6. The van der Waals surface area contributed by atoms with E-state index in [1.807, 2.05) is 18.3 Å². The Bertz CT molecular complexity index is 904. The molecule has 3 aromatic rings. The lowest BCUT2D eigenvalue weighted by Crippen LogP contribution is -2.14. The van der Waals surface area contributed by atoms with Gasteiger partial charge in [0.25, 0.3) is 0 Å². The minimum absolute atomic E-state index is 0.0548. The molecule has 0 saturated heterocycles. The van der Waals surface area contributed by atoms with Crippen LogP contribution in [0.25, 0.3) is 10.9 Å². The van der Waals surface area contributed by atoms with Gasteiger partial charge >= 0.3 is 0 Å². The molecule has 0 radical (unpaired) electrons. The minimum Gasteiger partial charge on any atom is -0.493 e. The predicted molar refractivity (Wildman–Crippen MR) is 106 cm³/mol. The molecule has 27 heavy (non-hydrogen) atoms. The number of anilines is 1. The summed E-state index contributed by atoms with van der Waals surface area (Å²) in [6.07, 6.45) is 2.39. The Labute approximate surface area is 158 Å². The number of benzene rings is 2.